The third-order valence-electron chi connectivity index (χ3n) is 2.82. The average molecular weight is 323 g/mol. The highest BCUT2D eigenvalue weighted by atomic mass is 79.9. The van der Waals surface area contributed by atoms with Gasteiger partial charge in [0, 0.05) is 6.20 Å². The summed E-state index contributed by atoms with van der Waals surface area (Å²) in [4.78, 5) is 5.71. The zero-order valence-corrected chi connectivity index (χ0v) is 12.1. The third-order valence-corrected chi connectivity index (χ3v) is 4.28. The van der Waals surface area contributed by atoms with Crippen LogP contribution in [0.1, 0.15) is 11.3 Å². The van der Waals surface area contributed by atoms with Crippen LogP contribution in [-0.2, 0) is 6.61 Å². The van der Waals surface area contributed by atoms with Crippen LogP contribution in [-0.4, -0.2) is 14.5 Å². The first kappa shape index (κ1) is 11.9. The molecule has 0 spiro atoms. The van der Waals surface area contributed by atoms with E-state index >= 15 is 0 Å². The van der Waals surface area contributed by atoms with E-state index in [1.165, 1.54) is 0 Å². The minimum atomic E-state index is -0.0235. The maximum absolute atomic E-state index is 9.61. The SMILES string of the molecule is Cc1cc(Br)c2nc(-c3cccs3)c(CO)n2c1. The van der Waals surface area contributed by atoms with Gasteiger partial charge in [-0.15, -0.1) is 11.3 Å². The van der Waals surface area contributed by atoms with Gasteiger partial charge < -0.3 is 5.11 Å². The first-order chi connectivity index (χ1) is 8.70. The van der Waals surface area contributed by atoms with Gasteiger partial charge in [0.15, 0.2) is 5.65 Å². The van der Waals surface area contributed by atoms with Gasteiger partial charge in [-0.05, 0) is 45.9 Å². The van der Waals surface area contributed by atoms with Gasteiger partial charge >= 0.3 is 0 Å². The number of aryl methyl sites for hydroxylation is 1. The fourth-order valence-corrected chi connectivity index (χ4v) is 3.42. The predicted molar refractivity (Wildman–Crippen MR) is 76.9 cm³/mol. The summed E-state index contributed by atoms with van der Waals surface area (Å²) in [6, 6.07) is 6.04. The summed E-state index contributed by atoms with van der Waals surface area (Å²) in [7, 11) is 0. The first-order valence-corrected chi connectivity index (χ1v) is 7.20. The molecule has 0 aromatic carbocycles. The van der Waals surface area contributed by atoms with E-state index in [0.717, 1.165) is 31.9 Å². The largest absolute Gasteiger partial charge is 0.390 e. The van der Waals surface area contributed by atoms with Crippen LogP contribution in [0.5, 0.6) is 0 Å². The quantitative estimate of drug-likeness (QED) is 0.782. The normalized spacial score (nSPS) is 11.3. The molecule has 0 atom stereocenters. The Morgan fingerprint density at radius 2 is 2.33 bits per heavy atom. The topological polar surface area (TPSA) is 37.5 Å². The van der Waals surface area contributed by atoms with Gasteiger partial charge in [-0.3, -0.25) is 4.40 Å². The van der Waals surface area contributed by atoms with Crippen molar-refractivity contribution in [1.82, 2.24) is 9.38 Å². The molecule has 18 heavy (non-hydrogen) atoms. The number of aromatic nitrogens is 2. The van der Waals surface area contributed by atoms with Gasteiger partial charge in [-0.25, -0.2) is 4.98 Å². The van der Waals surface area contributed by atoms with E-state index in [-0.39, 0.29) is 6.61 Å². The Labute approximate surface area is 117 Å². The molecule has 0 aliphatic rings. The molecule has 0 radical (unpaired) electrons. The lowest BCUT2D eigenvalue weighted by atomic mass is 10.3. The lowest BCUT2D eigenvalue weighted by Gasteiger charge is -2.02. The Balaban J connectivity index is 2.37. The second-order valence-corrected chi connectivity index (χ2v) is 5.90. The Hall–Kier alpha value is -1.17. The van der Waals surface area contributed by atoms with E-state index in [9.17, 15) is 5.11 Å². The molecule has 3 heterocycles. The van der Waals surface area contributed by atoms with Crippen molar-refractivity contribution in [1.29, 1.82) is 0 Å². The van der Waals surface area contributed by atoms with Crippen molar-refractivity contribution in [3.05, 3.63) is 45.5 Å². The van der Waals surface area contributed by atoms with Crippen LogP contribution in [0.2, 0.25) is 0 Å². The summed E-state index contributed by atoms with van der Waals surface area (Å²) in [5, 5.41) is 11.6. The molecule has 0 saturated heterocycles. The molecule has 92 valence electrons. The number of fused-ring (bicyclic) bond motifs is 1. The van der Waals surface area contributed by atoms with Gasteiger partial charge in [0.25, 0.3) is 0 Å². The summed E-state index contributed by atoms with van der Waals surface area (Å²) >= 11 is 5.15. The molecule has 1 N–H and O–H groups in total. The molecule has 0 amide bonds. The van der Waals surface area contributed by atoms with Gasteiger partial charge in [-0.2, -0.15) is 0 Å². The number of thiophene rings is 1. The molecular formula is C13H11BrN2OS. The van der Waals surface area contributed by atoms with Crippen molar-refractivity contribution < 1.29 is 5.11 Å². The molecular weight excluding hydrogens is 312 g/mol. The molecule has 5 heteroatoms. The van der Waals surface area contributed by atoms with E-state index < -0.39 is 0 Å². The number of hydrogen-bond acceptors (Lipinski definition) is 3. The number of rotatable bonds is 2. The van der Waals surface area contributed by atoms with Crippen molar-refractivity contribution in [2.24, 2.45) is 0 Å². The number of aliphatic hydroxyl groups is 1. The van der Waals surface area contributed by atoms with Crippen LogP contribution < -0.4 is 0 Å². The molecule has 0 bridgehead atoms. The van der Waals surface area contributed by atoms with E-state index in [2.05, 4.69) is 20.9 Å². The van der Waals surface area contributed by atoms with E-state index in [1.54, 1.807) is 11.3 Å². The summed E-state index contributed by atoms with van der Waals surface area (Å²) in [6.45, 7) is 2.00. The molecule has 0 unspecified atom stereocenters. The highest BCUT2D eigenvalue weighted by molar-refractivity contribution is 9.10. The molecule has 3 nitrogen and oxygen atoms in total. The smallest absolute Gasteiger partial charge is 0.152 e. The lowest BCUT2D eigenvalue weighted by Crippen LogP contribution is -1.95. The third kappa shape index (κ3) is 1.79. The fraction of sp³-hybridized carbons (Fsp3) is 0.154. The van der Waals surface area contributed by atoms with Gasteiger partial charge in [0.05, 0.1) is 21.7 Å². The van der Waals surface area contributed by atoms with Crippen LogP contribution in [0.15, 0.2) is 34.2 Å². The zero-order valence-electron chi connectivity index (χ0n) is 9.72. The van der Waals surface area contributed by atoms with E-state index in [0.29, 0.717) is 0 Å². The van der Waals surface area contributed by atoms with Crippen molar-refractivity contribution >= 4 is 32.9 Å². The molecule has 3 rings (SSSR count). The Kier molecular flexibility index (Phi) is 2.97. The minimum Gasteiger partial charge on any atom is -0.390 e. The Morgan fingerprint density at radius 1 is 1.50 bits per heavy atom. The second kappa shape index (κ2) is 4.50. The van der Waals surface area contributed by atoms with Crippen LogP contribution in [0.4, 0.5) is 0 Å². The number of imidazole rings is 1. The van der Waals surface area contributed by atoms with Crippen LogP contribution in [0.3, 0.4) is 0 Å². The zero-order chi connectivity index (χ0) is 12.7. The molecule has 3 aromatic rings. The van der Waals surface area contributed by atoms with E-state index in [1.807, 2.05) is 41.1 Å². The summed E-state index contributed by atoms with van der Waals surface area (Å²) in [5.41, 5.74) is 3.66. The van der Waals surface area contributed by atoms with Gasteiger partial charge in [0.1, 0.15) is 5.69 Å². The highest BCUT2D eigenvalue weighted by Gasteiger charge is 2.15. The van der Waals surface area contributed by atoms with Crippen molar-refractivity contribution in [2.45, 2.75) is 13.5 Å². The maximum atomic E-state index is 9.61. The summed E-state index contributed by atoms with van der Waals surface area (Å²) < 4.78 is 2.90. The van der Waals surface area contributed by atoms with Crippen LogP contribution in [0.25, 0.3) is 16.2 Å². The number of nitrogens with zero attached hydrogens (tertiary/aromatic N) is 2. The van der Waals surface area contributed by atoms with Crippen LogP contribution >= 0.6 is 27.3 Å². The second-order valence-electron chi connectivity index (χ2n) is 4.10. The standard InChI is InChI=1S/C13H11BrN2OS/c1-8-5-9(14)13-15-12(11-3-2-4-18-11)10(7-17)16(13)6-8/h2-6,17H,7H2,1H3. The molecule has 0 aliphatic heterocycles. The maximum Gasteiger partial charge on any atom is 0.152 e. The molecule has 0 fully saturated rings. The highest BCUT2D eigenvalue weighted by Crippen LogP contribution is 2.31. The molecule has 0 saturated carbocycles. The molecule has 3 aromatic heterocycles. The predicted octanol–water partition coefficient (Wildman–Crippen LogP) is 3.63. The van der Waals surface area contributed by atoms with Gasteiger partial charge in [0.2, 0.25) is 0 Å². The number of halogens is 1. The number of pyridine rings is 1. The van der Waals surface area contributed by atoms with Crippen molar-refractivity contribution in [3.63, 3.8) is 0 Å². The summed E-state index contributed by atoms with van der Waals surface area (Å²) in [5.74, 6) is 0. The fourth-order valence-electron chi connectivity index (χ4n) is 2.04. The van der Waals surface area contributed by atoms with Crippen LogP contribution in [0, 0.1) is 6.92 Å². The van der Waals surface area contributed by atoms with E-state index in [4.69, 9.17) is 0 Å². The minimum absolute atomic E-state index is 0.0235. The van der Waals surface area contributed by atoms with Crippen molar-refractivity contribution in [3.8, 4) is 10.6 Å². The number of aliphatic hydroxyl groups excluding tert-OH is 1. The first-order valence-electron chi connectivity index (χ1n) is 5.52. The van der Waals surface area contributed by atoms with Crippen molar-refractivity contribution in [2.75, 3.05) is 0 Å². The molecule has 0 aliphatic carbocycles. The monoisotopic (exact) mass is 322 g/mol. The Morgan fingerprint density at radius 3 is 3.00 bits per heavy atom. The van der Waals surface area contributed by atoms with Gasteiger partial charge in [-0.1, -0.05) is 6.07 Å². The summed E-state index contributed by atoms with van der Waals surface area (Å²) in [6.07, 6.45) is 2.00. The Bertz CT molecular complexity index is 703. The lowest BCUT2D eigenvalue weighted by molar-refractivity contribution is 0.276. The average Bonchev–Trinajstić information content (AvgIpc) is 2.93. The number of hydrogen-bond donors (Lipinski definition) is 1.